The highest BCUT2D eigenvalue weighted by Gasteiger charge is 2.30. The van der Waals surface area contributed by atoms with E-state index in [0.29, 0.717) is 25.1 Å². The van der Waals surface area contributed by atoms with Crippen molar-refractivity contribution in [3.8, 4) is 0 Å². The van der Waals surface area contributed by atoms with Crippen molar-refractivity contribution in [2.24, 2.45) is 0 Å². The van der Waals surface area contributed by atoms with E-state index in [9.17, 15) is 14.4 Å². The summed E-state index contributed by atoms with van der Waals surface area (Å²) in [6, 6.07) is 19.1. The second kappa shape index (κ2) is 10.3. The maximum absolute atomic E-state index is 13.4. The van der Waals surface area contributed by atoms with Crippen LogP contribution in [0.3, 0.4) is 0 Å². The molecule has 1 N–H and O–H groups in total. The minimum Gasteiger partial charge on any atom is -0.352 e. The molecule has 3 amide bonds. The lowest BCUT2D eigenvalue weighted by Gasteiger charge is -2.30. The number of aryl methyl sites for hydroxylation is 1. The molecule has 6 heteroatoms. The van der Waals surface area contributed by atoms with Gasteiger partial charge in [0, 0.05) is 36.5 Å². The Balaban J connectivity index is 1.46. The number of amides is 3. The van der Waals surface area contributed by atoms with Gasteiger partial charge in [-0.1, -0.05) is 54.1 Å². The van der Waals surface area contributed by atoms with Crippen LogP contribution < -0.4 is 10.2 Å². The van der Waals surface area contributed by atoms with Gasteiger partial charge in [-0.05, 0) is 57.2 Å². The van der Waals surface area contributed by atoms with E-state index in [1.165, 1.54) is 0 Å². The van der Waals surface area contributed by atoms with Gasteiger partial charge in [-0.3, -0.25) is 14.4 Å². The zero-order chi connectivity index (χ0) is 25.1. The van der Waals surface area contributed by atoms with Crippen molar-refractivity contribution < 1.29 is 14.4 Å². The first-order valence-corrected chi connectivity index (χ1v) is 12.2. The number of nitrogens with zero attached hydrogens (tertiary/aromatic N) is 2. The van der Waals surface area contributed by atoms with Crippen LogP contribution in [0, 0.1) is 6.92 Å². The lowest BCUT2D eigenvalue weighted by molar-refractivity contribution is -0.140. The van der Waals surface area contributed by atoms with E-state index in [1.54, 1.807) is 16.7 Å². The van der Waals surface area contributed by atoms with Crippen molar-refractivity contribution in [3.05, 3.63) is 77.4 Å². The SMILES string of the molecule is Cc1ccc(CN(C(=O)CCCN2C(=O)c3cccc4cccc2c34)C(C)C(=O)NC(C)C)cc1. The van der Waals surface area contributed by atoms with E-state index in [4.69, 9.17) is 0 Å². The molecule has 35 heavy (non-hydrogen) atoms. The number of nitrogens with one attached hydrogen (secondary N) is 1. The fourth-order valence-corrected chi connectivity index (χ4v) is 4.61. The highest BCUT2D eigenvalue weighted by atomic mass is 16.2. The average Bonchev–Trinajstić information content (AvgIpc) is 3.11. The molecule has 0 aliphatic carbocycles. The van der Waals surface area contributed by atoms with Gasteiger partial charge < -0.3 is 15.1 Å². The van der Waals surface area contributed by atoms with Gasteiger partial charge in [-0.2, -0.15) is 0 Å². The molecule has 0 aromatic heterocycles. The topological polar surface area (TPSA) is 69.7 Å². The standard InChI is InChI=1S/C29H33N3O3/c1-19(2)30-28(34)21(4)32(18-22-15-13-20(3)14-16-22)26(33)12-7-17-31-25-11-6-9-23-8-5-10-24(27(23)25)29(31)35/h5-6,8-11,13-16,19,21H,7,12,17-18H2,1-4H3,(H,30,34). The van der Waals surface area contributed by atoms with Gasteiger partial charge in [-0.25, -0.2) is 0 Å². The largest absolute Gasteiger partial charge is 0.352 e. The highest BCUT2D eigenvalue weighted by molar-refractivity contribution is 6.25. The molecule has 182 valence electrons. The Labute approximate surface area is 206 Å². The molecule has 0 saturated heterocycles. The summed E-state index contributed by atoms with van der Waals surface area (Å²) in [4.78, 5) is 42.5. The van der Waals surface area contributed by atoms with Gasteiger partial charge >= 0.3 is 0 Å². The molecule has 3 aromatic carbocycles. The number of hydrogen-bond acceptors (Lipinski definition) is 3. The van der Waals surface area contributed by atoms with Gasteiger partial charge in [0.05, 0.1) is 5.69 Å². The smallest absolute Gasteiger partial charge is 0.258 e. The fraction of sp³-hybridized carbons (Fsp3) is 0.345. The van der Waals surface area contributed by atoms with E-state index in [0.717, 1.165) is 27.6 Å². The molecule has 0 fully saturated rings. The van der Waals surface area contributed by atoms with Crippen LogP contribution in [0.1, 0.15) is 55.1 Å². The van der Waals surface area contributed by atoms with Gasteiger partial charge in [-0.15, -0.1) is 0 Å². The minimum absolute atomic E-state index is 0.00760. The van der Waals surface area contributed by atoms with E-state index in [1.807, 2.05) is 81.4 Å². The number of hydrogen-bond donors (Lipinski definition) is 1. The number of carbonyl (C=O) groups is 3. The van der Waals surface area contributed by atoms with Crippen LogP contribution in [0.25, 0.3) is 10.8 Å². The number of carbonyl (C=O) groups excluding carboxylic acids is 3. The summed E-state index contributed by atoms with van der Waals surface area (Å²) < 4.78 is 0. The quantitative estimate of drug-likeness (QED) is 0.486. The first-order valence-electron chi connectivity index (χ1n) is 12.2. The van der Waals surface area contributed by atoms with Crippen LogP contribution in [0.5, 0.6) is 0 Å². The van der Waals surface area contributed by atoms with Gasteiger partial charge in [0.15, 0.2) is 0 Å². The predicted molar refractivity (Wildman–Crippen MR) is 139 cm³/mol. The van der Waals surface area contributed by atoms with Crippen molar-refractivity contribution in [2.45, 2.75) is 59.2 Å². The van der Waals surface area contributed by atoms with Gasteiger partial charge in [0.1, 0.15) is 6.04 Å². The zero-order valence-electron chi connectivity index (χ0n) is 20.9. The zero-order valence-corrected chi connectivity index (χ0v) is 20.9. The number of anilines is 1. The summed E-state index contributed by atoms with van der Waals surface area (Å²) in [5.41, 5.74) is 3.73. The lowest BCUT2D eigenvalue weighted by Crippen LogP contribution is -2.49. The molecule has 6 nitrogen and oxygen atoms in total. The normalized spacial score (nSPS) is 13.4. The molecule has 3 aromatic rings. The maximum atomic E-state index is 13.4. The molecule has 1 unspecified atom stereocenters. The maximum Gasteiger partial charge on any atom is 0.258 e. The molecule has 1 atom stereocenters. The number of rotatable bonds is 9. The Morgan fingerprint density at radius 3 is 2.34 bits per heavy atom. The van der Waals surface area contributed by atoms with E-state index >= 15 is 0 Å². The first-order chi connectivity index (χ1) is 16.8. The summed E-state index contributed by atoms with van der Waals surface area (Å²) in [7, 11) is 0. The summed E-state index contributed by atoms with van der Waals surface area (Å²) in [6.45, 7) is 8.40. The lowest BCUT2D eigenvalue weighted by atomic mass is 10.1. The van der Waals surface area contributed by atoms with Crippen molar-refractivity contribution in [1.82, 2.24) is 10.2 Å². The van der Waals surface area contributed by atoms with Crippen LogP contribution in [0.15, 0.2) is 60.7 Å². The Kier molecular flexibility index (Phi) is 7.20. The third-order valence-corrected chi connectivity index (χ3v) is 6.49. The summed E-state index contributed by atoms with van der Waals surface area (Å²) >= 11 is 0. The van der Waals surface area contributed by atoms with Crippen LogP contribution in [-0.4, -0.2) is 41.2 Å². The second-order valence-corrected chi connectivity index (χ2v) is 9.59. The van der Waals surface area contributed by atoms with Crippen LogP contribution in [0.2, 0.25) is 0 Å². The molecule has 0 radical (unpaired) electrons. The van der Waals surface area contributed by atoms with Crippen molar-refractivity contribution in [2.75, 3.05) is 11.4 Å². The summed E-state index contributed by atoms with van der Waals surface area (Å²) in [5.74, 6) is -0.290. The molecule has 1 heterocycles. The first kappa shape index (κ1) is 24.5. The van der Waals surface area contributed by atoms with Gasteiger partial charge in [0.2, 0.25) is 11.8 Å². The van der Waals surface area contributed by atoms with Crippen molar-refractivity contribution in [3.63, 3.8) is 0 Å². The molecule has 4 rings (SSSR count). The van der Waals surface area contributed by atoms with Crippen LogP contribution in [0.4, 0.5) is 5.69 Å². The fourth-order valence-electron chi connectivity index (χ4n) is 4.61. The average molecular weight is 472 g/mol. The molecular formula is C29H33N3O3. The second-order valence-electron chi connectivity index (χ2n) is 9.59. The summed E-state index contributed by atoms with van der Waals surface area (Å²) in [6.07, 6.45) is 0.763. The minimum atomic E-state index is -0.599. The molecule has 1 aliphatic rings. The van der Waals surface area contributed by atoms with Gasteiger partial charge in [0.25, 0.3) is 5.91 Å². The molecular weight excluding hydrogens is 438 g/mol. The third kappa shape index (κ3) is 5.21. The Hall–Kier alpha value is -3.67. The monoisotopic (exact) mass is 471 g/mol. The van der Waals surface area contributed by atoms with Crippen molar-refractivity contribution >= 4 is 34.2 Å². The Bertz CT molecular complexity index is 1240. The van der Waals surface area contributed by atoms with Crippen LogP contribution in [-0.2, 0) is 16.1 Å². The van der Waals surface area contributed by atoms with E-state index in [-0.39, 0.29) is 30.2 Å². The predicted octanol–water partition coefficient (Wildman–Crippen LogP) is 4.83. The van der Waals surface area contributed by atoms with E-state index < -0.39 is 6.04 Å². The third-order valence-electron chi connectivity index (χ3n) is 6.49. The summed E-state index contributed by atoms with van der Waals surface area (Å²) in [5, 5.41) is 4.94. The highest BCUT2D eigenvalue weighted by Crippen LogP contribution is 2.37. The Morgan fingerprint density at radius 1 is 0.971 bits per heavy atom. The molecule has 1 aliphatic heterocycles. The van der Waals surface area contributed by atoms with Crippen molar-refractivity contribution in [1.29, 1.82) is 0 Å². The Morgan fingerprint density at radius 2 is 1.66 bits per heavy atom. The molecule has 0 spiro atoms. The van der Waals surface area contributed by atoms with E-state index in [2.05, 4.69) is 5.32 Å². The molecule has 0 bridgehead atoms. The molecule has 0 saturated carbocycles. The van der Waals surface area contributed by atoms with Crippen LogP contribution >= 0.6 is 0 Å². The number of benzene rings is 3.